The number of ether oxygens (including phenoxy) is 1. The Bertz CT molecular complexity index is 1200. The fourth-order valence-corrected chi connectivity index (χ4v) is 5.09. The van der Waals surface area contributed by atoms with E-state index in [0.717, 1.165) is 15.8 Å². The molecule has 0 aliphatic carbocycles. The first-order chi connectivity index (χ1) is 15.5. The first kappa shape index (κ1) is 22.3. The van der Waals surface area contributed by atoms with Gasteiger partial charge in [-0.25, -0.2) is 4.79 Å². The van der Waals surface area contributed by atoms with Crippen LogP contribution in [0.1, 0.15) is 20.8 Å². The van der Waals surface area contributed by atoms with Crippen LogP contribution in [0.4, 0.5) is 5.69 Å². The normalized spacial score (nSPS) is 10.7. The molecule has 7 heteroatoms. The molecule has 0 amide bonds. The standard InChI is InChI=1S/C25H21ClN2O2S2/c1-30-24(29)23-22(26)20-13-12-19(14-21(20)32-23)27-25(31)28(15-17-8-4-2-5-9-17)16-18-10-6-3-7-11-18/h2-14H,15-16H2,1H3,(H,27,31). The number of fused-ring (bicyclic) bond motifs is 1. The number of hydrogen-bond acceptors (Lipinski definition) is 4. The summed E-state index contributed by atoms with van der Waals surface area (Å²) in [5.41, 5.74) is 3.19. The number of carbonyl (C=O) groups is 1. The average Bonchev–Trinajstić information content (AvgIpc) is 3.15. The molecular formula is C25H21ClN2O2S2. The molecule has 0 unspecified atom stereocenters. The number of methoxy groups -OCH3 is 1. The molecule has 4 nitrogen and oxygen atoms in total. The van der Waals surface area contributed by atoms with Crippen molar-refractivity contribution in [2.24, 2.45) is 0 Å². The highest BCUT2D eigenvalue weighted by molar-refractivity contribution is 7.80. The third-order valence-corrected chi connectivity index (χ3v) is 6.97. The molecule has 0 saturated heterocycles. The number of thiophene rings is 1. The van der Waals surface area contributed by atoms with Gasteiger partial charge in [0.2, 0.25) is 0 Å². The number of esters is 1. The summed E-state index contributed by atoms with van der Waals surface area (Å²) >= 11 is 13.5. The van der Waals surface area contributed by atoms with Gasteiger partial charge in [0.05, 0.1) is 12.1 Å². The van der Waals surface area contributed by atoms with Gasteiger partial charge >= 0.3 is 5.97 Å². The zero-order chi connectivity index (χ0) is 22.5. The molecule has 0 radical (unpaired) electrons. The number of rotatable bonds is 6. The van der Waals surface area contributed by atoms with Gasteiger partial charge in [-0.1, -0.05) is 72.3 Å². The quantitative estimate of drug-likeness (QED) is 0.244. The summed E-state index contributed by atoms with van der Waals surface area (Å²) in [6, 6.07) is 26.2. The Balaban J connectivity index is 1.57. The smallest absolute Gasteiger partial charge is 0.349 e. The Morgan fingerprint density at radius 2 is 1.59 bits per heavy atom. The van der Waals surface area contributed by atoms with E-state index in [1.165, 1.54) is 29.6 Å². The van der Waals surface area contributed by atoms with E-state index in [1.54, 1.807) is 0 Å². The maximum atomic E-state index is 12.0. The van der Waals surface area contributed by atoms with Crippen LogP contribution in [0.15, 0.2) is 78.9 Å². The summed E-state index contributed by atoms with van der Waals surface area (Å²) in [5.74, 6) is -0.432. The fraction of sp³-hybridized carbons (Fsp3) is 0.120. The number of hydrogen-bond donors (Lipinski definition) is 1. The van der Waals surface area contributed by atoms with Crippen molar-refractivity contribution >= 4 is 62.0 Å². The molecule has 0 aliphatic rings. The van der Waals surface area contributed by atoms with Gasteiger partial charge in [0, 0.05) is 28.9 Å². The number of benzene rings is 3. The monoisotopic (exact) mass is 480 g/mol. The Hall–Kier alpha value is -2.93. The van der Waals surface area contributed by atoms with Crippen molar-refractivity contribution in [3.05, 3.63) is 99.9 Å². The maximum absolute atomic E-state index is 12.0. The van der Waals surface area contributed by atoms with Crippen molar-refractivity contribution in [1.29, 1.82) is 0 Å². The molecule has 4 aromatic rings. The first-order valence-electron chi connectivity index (χ1n) is 9.99. The van der Waals surface area contributed by atoms with E-state index >= 15 is 0 Å². The van der Waals surface area contributed by atoms with Crippen LogP contribution in [0.5, 0.6) is 0 Å². The summed E-state index contributed by atoms with van der Waals surface area (Å²) < 4.78 is 5.72. The Morgan fingerprint density at radius 1 is 1.00 bits per heavy atom. The van der Waals surface area contributed by atoms with Gasteiger partial charge in [-0.2, -0.15) is 0 Å². The second kappa shape index (κ2) is 10.1. The predicted octanol–water partition coefficient (Wildman–Crippen LogP) is 6.74. The number of anilines is 1. The van der Waals surface area contributed by atoms with Crippen LogP contribution in [0.3, 0.4) is 0 Å². The fourth-order valence-electron chi connectivity index (χ4n) is 3.38. The van der Waals surface area contributed by atoms with Crippen LogP contribution in [0.25, 0.3) is 10.1 Å². The van der Waals surface area contributed by atoms with E-state index in [2.05, 4.69) is 34.5 Å². The Kier molecular flexibility index (Phi) is 7.05. The predicted molar refractivity (Wildman–Crippen MR) is 137 cm³/mol. The lowest BCUT2D eigenvalue weighted by Crippen LogP contribution is -2.33. The van der Waals surface area contributed by atoms with Gasteiger partial charge in [-0.15, -0.1) is 11.3 Å². The Morgan fingerprint density at radius 3 is 2.16 bits per heavy atom. The highest BCUT2D eigenvalue weighted by atomic mass is 35.5. The van der Waals surface area contributed by atoms with Gasteiger partial charge < -0.3 is 15.0 Å². The molecule has 4 rings (SSSR count). The lowest BCUT2D eigenvalue weighted by atomic mass is 10.2. The number of carbonyl (C=O) groups excluding carboxylic acids is 1. The number of nitrogens with zero attached hydrogens (tertiary/aromatic N) is 1. The van der Waals surface area contributed by atoms with E-state index in [9.17, 15) is 4.79 Å². The number of nitrogens with one attached hydrogen (secondary N) is 1. The van der Waals surface area contributed by atoms with Crippen LogP contribution >= 0.6 is 35.2 Å². The minimum Gasteiger partial charge on any atom is -0.465 e. The molecule has 0 fully saturated rings. The Labute approximate surface area is 201 Å². The molecule has 0 spiro atoms. The average molecular weight is 481 g/mol. The molecule has 0 atom stereocenters. The highest BCUT2D eigenvalue weighted by Gasteiger charge is 2.18. The van der Waals surface area contributed by atoms with Crippen LogP contribution < -0.4 is 5.32 Å². The molecular weight excluding hydrogens is 460 g/mol. The van der Waals surface area contributed by atoms with Crippen molar-refractivity contribution in [2.75, 3.05) is 12.4 Å². The second-order valence-electron chi connectivity index (χ2n) is 7.21. The van der Waals surface area contributed by atoms with Crippen molar-refractivity contribution in [3.63, 3.8) is 0 Å². The number of halogens is 1. The zero-order valence-corrected chi connectivity index (χ0v) is 19.8. The third-order valence-electron chi connectivity index (χ3n) is 4.97. The summed E-state index contributed by atoms with van der Waals surface area (Å²) in [6.07, 6.45) is 0. The lowest BCUT2D eigenvalue weighted by molar-refractivity contribution is 0.0606. The van der Waals surface area contributed by atoms with Gasteiger partial charge in [-0.05, 0) is 41.5 Å². The molecule has 1 heterocycles. The van der Waals surface area contributed by atoms with Crippen molar-refractivity contribution < 1.29 is 9.53 Å². The van der Waals surface area contributed by atoms with Crippen molar-refractivity contribution in [3.8, 4) is 0 Å². The molecule has 32 heavy (non-hydrogen) atoms. The van der Waals surface area contributed by atoms with Crippen LogP contribution in [-0.2, 0) is 17.8 Å². The van der Waals surface area contributed by atoms with Crippen LogP contribution in [0, 0.1) is 0 Å². The molecule has 162 valence electrons. The third kappa shape index (κ3) is 5.10. The van der Waals surface area contributed by atoms with E-state index in [1.807, 2.05) is 54.6 Å². The topological polar surface area (TPSA) is 41.6 Å². The maximum Gasteiger partial charge on any atom is 0.349 e. The van der Waals surface area contributed by atoms with Crippen LogP contribution in [0.2, 0.25) is 5.02 Å². The summed E-state index contributed by atoms with van der Waals surface area (Å²) in [7, 11) is 1.35. The van der Waals surface area contributed by atoms with E-state index < -0.39 is 5.97 Å². The van der Waals surface area contributed by atoms with Gasteiger partial charge in [0.15, 0.2) is 5.11 Å². The second-order valence-corrected chi connectivity index (χ2v) is 9.02. The van der Waals surface area contributed by atoms with Crippen LogP contribution in [-0.4, -0.2) is 23.1 Å². The van der Waals surface area contributed by atoms with Gasteiger partial charge in [0.25, 0.3) is 0 Å². The zero-order valence-electron chi connectivity index (χ0n) is 17.4. The highest BCUT2D eigenvalue weighted by Crippen LogP contribution is 2.37. The first-order valence-corrected chi connectivity index (χ1v) is 11.6. The largest absolute Gasteiger partial charge is 0.465 e. The molecule has 3 aromatic carbocycles. The van der Waals surface area contributed by atoms with Gasteiger partial charge in [0.1, 0.15) is 4.88 Å². The van der Waals surface area contributed by atoms with Crippen molar-refractivity contribution in [1.82, 2.24) is 4.90 Å². The summed E-state index contributed by atoms with van der Waals surface area (Å²) in [5, 5.41) is 5.21. The molecule has 0 saturated carbocycles. The number of thiocarbonyl (C=S) groups is 1. The summed E-state index contributed by atoms with van der Waals surface area (Å²) in [6.45, 7) is 1.36. The molecule has 1 aromatic heterocycles. The molecule has 0 aliphatic heterocycles. The molecule has 0 bridgehead atoms. The van der Waals surface area contributed by atoms with Crippen molar-refractivity contribution in [2.45, 2.75) is 13.1 Å². The van der Waals surface area contributed by atoms with E-state index in [-0.39, 0.29) is 0 Å². The van der Waals surface area contributed by atoms with E-state index in [0.29, 0.717) is 28.1 Å². The molecule has 1 N–H and O–H groups in total. The summed E-state index contributed by atoms with van der Waals surface area (Å²) in [4.78, 5) is 14.5. The van der Waals surface area contributed by atoms with E-state index in [4.69, 9.17) is 28.6 Å². The SMILES string of the molecule is COC(=O)c1sc2cc(NC(=S)N(Cc3ccccc3)Cc3ccccc3)ccc2c1Cl. The minimum atomic E-state index is -0.432. The minimum absolute atomic E-state index is 0.402. The van der Waals surface area contributed by atoms with Gasteiger partial charge in [-0.3, -0.25) is 0 Å². The lowest BCUT2D eigenvalue weighted by Gasteiger charge is -2.26.